The summed E-state index contributed by atoms with van der Waals surface area (Å²) >= 11 is 0. The lowest BCUT2D eigenvalue weighted by molar-refractivity contribution is -0.384. The molecule has 3 aromatic rings. The van der Waals surface area contributed by atoms with Crippen LogP contribution in [0.1, 0.15) is 29.2 Å². The molecule has 134 valence electrons. The standard InChI is InChI=1S/C22H19N3O2/c1-16-7-9-17(10-8-16)21-15-22(18-11-13-20(14-12-18)25(26)27)24(23-21)19-5-3-2-4-6-19/h2-14,22H,15H2,1H3. The fraction of sp³-hybridized carbons (Fsp3) is 0.136. The number of rotatable bonds is 4. The molecular weight excluding hydrogens is 338 g/mol. The molecule has 0 N–H and O–H groups in total. The molecule has 0 saturated carbocycles. The molecule has 0 fully saturated rings. The second-order valence-corrected chi connectivity index (χ2v) is 6.66. The molecule has 0 radical (unpaired) electrons. The van der Waals surface area contributed by atoms with E-state index in [-0.39, 0.29) is 16.7 Å². The van der Waals surface area contributed by atoms with Crippen LogP contribution in [0.4, 0.5) is 11.4 Å². The summed E-state index contributed by atoms with van der Waals surface area (Å²) in [5.74, 6) is 0. The van der Waals surface area contributed by atoms with Crippen LogP contribution in [0.5, 0.6) is 0 Å². The predicted octanol–water partition coefficient (Wildman–Crippen LogP) is 5.26. The number of anilines is 1. The zero-order valence-electron chi connectivity index (χ0n) is 14.9. The monoisotopic (exact) mass is 357 g/mol. The van der Waals surface area contributed by atoms with E-state index >= 15 is 0 Å². The molecule has 0 amide bonds. The number of nitrogens with zero attached hydrogens (tertiary/aromatic N) is 3. The molecule has 1 heterocycles. The first-order valence-electron chi connectivity index (χ1n) is 8.85. The van der Waals surface area contributed by atoms with Crippen LogP contribution in [0.15, 0.2) is 84.0 Å². The van der Waals surface area contributed by atoms with E-state index in [1.54, 1.807) is 12.1 Å². The number of benzene rings is 3. The Labute approximate surface area is 157 Å². The van der Waals surface area contributed by atoms with Crippen molar-refractivity contribution in [3.8, 4) is 0 Å². The van der Waals surface area contributed by atoms with E-state index in [0.717, 1.165) is 28.9 Å². The quantitative estimate of drug-likeness (QED) is 0.473. The Hall–Kier alpha value is -3.47. The van der Waals surface area contributed by atoms with Crippen LogP contribution in [0.2, 0.25) is 0 Å². The Bertz CT molecular complexity index is 980. The van der Waals surface area contributed by atoms with Crippen molar-refractivity contribution in [2.24, 2.45) is 5.10 Å². The van der Waals surface area contributed by atoms with Crippen molar-refractivity contribution in [2.45, 2.75) is 19.4 Å². The van der Waals surface area contributed by atoms with Gasteiger partial charge in [-0.2, -0.15) is 5.10 Å². The lowest BCUT2D eigenvalue weighted by Crippen LogP contribution is -2.18. The fourth-order valence-corrected chi connectivity index (χ4v) is 3.33. The highest BCUT2D eigenvalue weighted by molar-refractivity contribution is 6.03. The molecule has 27 heavy (non-hydrogen) atoms. The number of hydrogen-bond acceptors (Lipinski definition) is 4. The average Bonchev–Trinajstić information content (AvgIpc) is 3.15. The third kappa shape index (κ3) is 3.44. The highest BCUT2D eigenvalue weighted by Crippen LogP contribution is 2.37. The highest BCUT2D eigenvalue weighted by Gasteiger charge is 2.30. The van der Waals surface area contributed by atoms with Gasteiger partial charge in [0, 0.05) is 18.6 Å². The van der Waals surface area contributed by atoms with Gasteiger partial charge in [-0.05, 0) is 30.2 Å². The third-order valence-corrected chi connectivity index (χ3v) is 4.80. The Morgan fingerprint density at radius 2 is 1.63 bits per heavy atom. The van der Waals surface area contributed by atoms with Crippen LogP contribution in [0.3, 0.4) is 0 Å². The molecule has 1 aliphatic heterocycles. The van der Waals surface area contributed by atoms with Crippen LogP contribution in [0.25, 0.3) is 0 Å². The minimum atomic E-state index is -0.373. The largest absolute Gasteiger partial charge is 0.269 e. The fourth-order valence-electron chi connectivity index (χ4n) is 3.33. The third-order valence-electron chi connectivity index (χ3n) is 4.80. The number of hydrogen-bond donors (Lipinski definition) is 0. The van der Waals surface area contributed by atoms with Gasteiger partial charge in [0.1, 0.15) is 0 Å². The number of hydrazone groups is 1. The van der Waals surface area contributed by atoms with E-state index in [4.69, 9.17) is 5.10 Å². The van der Waals surface area contributed by atoms with Crippen LogP contribution >= 0.6 is 0 Å². The smallest absolute Gasteiger partial charge is 0.258 e. The lowest BCUT2D eigenvalue weighted by atomic mass is 9.97. The molecule has 0 bridgehead atoms. The maximum atomic E-state index is 11.0. The average molecular weight is 357 g/mol. The predicted molar refractivity (Wildman–Crippen MR) is 107 cm³/mol. The van der Waals surface area contributed by atoms with Gasteiger partial charge >= 0.3 is 0 Å². The molecule has 0 spiro atoms. The van der Waals surface area contributed by atoms with Crippen molar-refractivity contribution in [3.63, 3.8) is 0 Å². The maximum Gasteiger partial charge on any atom is 0.269 e. The van der Waals surface area contributed by atoms with E-state index in [1.807, 2.05) is 47.5 Å². The van der Waals surface area contributed by atoms with E-state index in [1.165, 1.54) is 5.56 Å². The van der Waals surface area contributed by atoms with E-state index < -0.39 is 0 Å². The topological polar surface area (TPSA) is 58.7 Å². The molecule has 1 aliphatic rings. The minimum Gasteiger partial charge on any atom is -0.258 e. The normalized spacial score (nSPS) is 16.3. The zero-order chi connectivity index (χ0) is 18.8. The highest BCUT2D eigenvalue weighted by atomic mass is 16.6. The first-order chi connectivity index (χ1) is 13.1. The van der Waals surface area contributed by atoms with Crippen LogP contribution in [-0.2, 0) is 0 Å². The van der Waals surface area contributed by atoms with Gasteiger partial charge in [0.05, 0.1) is 22.4 Å². The Balaban J connectivity index is 1.71. The number of non-ortho nitro benzene ring substituents is 1. The maximum absolute atomic E-state index is 11.0. The lowest BCUT2D eigenvalue weighted by Gasteiger charge is -2.23. The van der Waals surface area contributed by atoms with Crippen molar-refractivity contribution < 1.29 is 4.92 Å². The first kappa shape index (κ1) is 17.0. The molecule has 5 heteroatoms. The molecule has 5 nitrogen and oxygen atoms in total. The zero-order valence-corrected chi connectivity index (χ0v) is 14.9. The Kier molecular flexibility index (Phi) is 4.42. The minimum absolute atomic E-state index is 0.00417. The van der Waals surface area contributed by atoms with Gasteiger partial charge in [-0.25, -0.2) is 0 Å². The molecule has 1 atom stereocenters. The van der Waals surface area contributed by atoms with Crippen molar-refractivity contribution in [2.75, 3.05) is 5.01 Å². The van der Waals surface area contributed by atoms with Gasteiger partial charge in [0.25, 0.3) is 5.69 Å². The van der Waals surface area contributed by atoms with Gasteiger partial charge in [0.2, 0.25) is 0 Å². The number of nitro groups is 1. The van der Waals surface area contributed by atoms with Gasteiger partial charge in [-0.3, -0.25) is 15.1 Å². The first-order valence-corrected chi connectivity index (χ1v) is 8.85. The van der Waals surface area contributed by atoms with Crippen molar-refractivity contribution >= 4 is 17.1 Å². The summed E-state index contributed by atoms with van der Waals surface area (Å²) < 4.78 is 0. The summed E-state index contributed by atoms with van der Waals surface area (Å²) in [6, 6.07) is 25.1. The second-order valence-electron chi connectivity index (χ2n) is 6.66. The molecule has 4 rings (SSSR count). The van der Waals surface area contributed by atoms with E-state index in [2.05, 4.69) is 31.2 Å². The summed E-state index contributed by atoms with van der Waals surface area (Å²) in [5.41, 5.74) is 5.44. The van der Waals surface area contributed by atoms with Crippen LogP contribution < -0.4 is 5.01 Å². The van der Waals surface area contributed by atoms with Gasteiger partial charge < -0.3 is 0 Å². The van der Waals surface area contributed by atoms with E-state index in [9.17, 15) is 10.1 Å². The number of nitro benzene ring substituents is 1. The van der Waals surface area contributed by atoms with Gasteiger partial charge in [-0.1, -0.05) is 60.2 Å². The van der Waals surface area contributed by atoms with Crippen molar-refractivity contribution in [1.82, 2.24) is 0 Å². The number of para-hydroxylation sites is 1. The molecule has 0 aromatic heterocycles. The summed E-state index contributed by atoms with van der Waals surface area (Å²) in [6.07, 6.45) is 0.746. The summed E-state index contributed by atoms with van der Waals surface area (Å²) in [4.78, 5) is 10.6. The van der Waals surface area contributed by atoms with Crippen LogP contribution in [-0.4, -0.2) is 10.6 Å². The Morgan fingerprint density at radius 3 is 2.26 bits per heavy atom. The Morgan fingerprint density at radius 1 is 0.963 bits per heavy atom. The molecule has 0 aliphatic carbocycles. The van der Waals surface area contributed by atoms with Crippen LogP contribution in [0, 0.1) is 17.0 Å². The van der Waals surface area contributed by atoms with Crippen molar-refractivity contribution in [3.05, 3.63) is 106 Å². The van der Waals surface area contributed by atoms with Gasteiger partial charge in [-0.15, -0.1) is 0 Å². The molecule has 3 aromatic carbocycles. The summed E-state index contributed by atoms with van der Waals surface area (Å²) in [7, 11) is 0. The number of aryl methyl sites for hydroxylation is 1. The second kappa shape index (κ2) is 7.03. The van der Waals surface area contributed by atoms with Gasteiger partial charge in [0.15, 0.2) is 0 Å². The SMILES string of the molecule is Cc1ccc(C2=NN(c3ccccc3)C(c3ccc([N+](=O)[O-])cc3)C2)cc1. The summed E-state index contributed by atoms with van der Waals surface area (Å²) in [5, 5.41) is 17.9. The van der Waals surface area contributed by atoms with E-state index in [0.29, 0.717) is 0 Å². The molecule has 1 unspecified atom stereocenters. The van der Waals surface area contributed by atoms with Crippen molar-refractivity contribution in [1.29, 1.82) is 0 Å². The summed E-state index contributed by atoms with van der Waals surface area (Å²) in [6.45, 7) is 2.07. The molecule has 0 saturated heterocycles. The molecular formula is C22H19N3O2.